The topological polar surface area (TPSA) is 56.3 Å². The van der Waals surface area contributed by atoms with Crippen LogP contribution in [0.2, 0.25) is 0 Å². The van der Waals surface area contributed by atoms with Crippen LogP contribution in [0.25, 0.3) is 0 Å². The Bertz CT molecular complexity index is 259. The monoisotopic (exact) mass is 179 g/mol. The largest absolute Gasteiger partial charge is 0.387 e. The van der Waals surface area contributed by atoms with Gasteiger partial charge < -0.3 is 5.11 Å². The molecule has 4 N–H and O–H groups in total. The fourth-order valence-corrected chi connectivity index (χ4v) is 1.43. The summed E-state index contributed by atoms with van der Waals surface area (Å²) < 4.78 is 0. The molecule has 1 aromatic carbocycles. The summed E-state index contributed by atoms with van der Waals surface area (Å²) in [5.41, 5.74) is 9.54. The summed E-state index contributed by atoms with van der Waals surface area (Å²) in [6.07, 6.45) is -0.469. The van der Waals surface area contributed by atoms with Crippen molar-refractivity contribution in [2.75, 3.05) is 6.54 Å². The lowest BCUT2D eigenvalue weighted by Crippen LogP contribution is -2.36. The minimum atomic E-state index is -0.469. The highest BCUT2D eigenvalue weighted by atomic mass is 16.3. The lowest BCUT2D eigenvalue weighted by Gasteiger charge is -2.16. The molecule has 70 valence electrons. The van der Waals surface area contributed by atoms with Crippen molar-refractivity contribution in [1.82, 2.24) is 16.4 Å². The Morgan fingerprint density at radius 1 is 1.31 bits per heavy atom. The van der Waals surface area contributed by atoms with E-state index in [0.717, 1.165) is 12.1 Å². The molecule has 4 nitrogen and oxygen atoms in total. The van der Waals surface area contributed by atoms with Gasteiger partial charge in [-0.25, -0.2) is 10.9 Å². The maximum Gasteiger partial charge on any atom is 0.0970 e. The smallest absolute Gasteiger partial charge is 0.0970 e. The second-order valence-electron chi connectivity index (χ2n) is 3.11. The van der Waals surface area contributed by atoms with E-state index in [4.69, 9.17) is 0 Å². The molecule has 2 atom stereocenters. The van der Waals surface area contributed by atoms with Crippen LogP contribution in [0.15, 0.2) is 30.3 Å². The zero-order valence-electron chi connectivity index (χ0n) is 7.20. The van der Waals surface area contributed by atoms with E-state index in [0.29, 0.717) is 0 Å². The molecule has 0 aromatic heterocycles. The van der Waals surface area contributed by atoms with Gasteiger partial charge in [-0.2, -0.15) is 5.53 Å². The fraction of sp³-hybridized carbons (Fsp3) is 0.333. The van der Waals surface area contributed by atoms with Gasteiger partial charge in [-0.3, -0.25) is 0 Å². The van der Waals surface area contributed by atoms with Gasteiger partial charge in [-0.05, 0) is 5.56 Å². The minimum absolute atomic E-state index is 0.0300. The number of aliphatic hydroxyl groups excluding tert-OH is 1. The van der Waals surface area contributed by atoms with Gasteiger partial charge in [-0.15, -0.1) is 0 Å². The van der Waals surface area contributed by atoms with E-state index in [1.165, 1.54) is 0 Å². The molecule has 1 saturated heterocycles. The van der Waals surface area contributed by atoms with Crippen molar-refractivity contribution in [2.24, 2.45) is 0 Å². The van der Waals surface area contributed by atoms with E-state index in [1.54, 1.807) is 0 Å². The summed E-state index contributed by atoms with van der Waals surface area (Å²) in [5, 5.41) is 9.88. The van der Waals surface area contributed by atoms with Crippen molar-refractivity contribution in [3.63, 3.8) is 0 Å². The van der Waals surface area contributed by atoms with Crippen LogP contribution in [-0.4, -0.2) is 17.7 Å². The quantitative estimate of drug-likeness (QED) is 0.503. The average molecular weight is 179 g/mol. The molecule has 0 radical (unpaired) electrons. The highest BCUT2D eigenvalue weighted by Gasteiger charge is 2.23. The van der Waals surface area contributed by atoms with Crippen molar-refractivity contribution in [2.45, 2.75) is 12.1 Å². The molecule has 1 heterocycles. The predicted molar refractivity (Wildman–Crippen MR) is 49.5 cm³/mol. The van der Waals surface area contributed by atoms with E-state index in [9.17, 15) is 5.11 Å². The molecular formula is C9H13N3O. The summed E-state index contributed by atoms with van der Waals surface area (Å²) in [5.74, 6) is 0. The van der Waals surface area contributed by atoms with Crippen molar-refractivity contribution >= 4 is 0 Å². The van der Waals surface area contributed by atoms with E-state index in [1.807, 2.05) is 30.3 Å². The molecule has 1 aliphatic heterocycles. The van der Waals surface area contributed by atoms with Gasteiger partial charge in [0.05, 0.1) is 12.1 Å². The van der Waals surface area contributed by atoms with Gasteiger partial charge in [0.25, 0.3) is 0 Å². The van der Waals surface area contributed by atoms with Gasteiger partial charge in [0.15, 0.2) is 0 Å². The molecule has 1 fully saturated rings. The first kappa shape index (κ1) is 8.65. The van der Waals surface area contributed by atoms with Crippen LogP contribution < -0.4 is 16.4 Å². The lowest BCUT2D eigenvalue weighted by atomic mass is 10.0. The van der Waals surface area contributed by atoms with Gasteiger partial charge in [-0.1, -0.05) is 30.3 Å². The Kier molecular flexibility index (Phi) is 2.56. The van der Waals surface area contributed by atoms with E-state index < -0.39 is 6.10 Å². The highest BCUT2D eigenvalue weighted by Crippen LogP contribution is 2.16. The molecule has 1 aliphatic rings. The number of nitrogens with one attached hydrogen (secondary N) is 3. The maximum atomic E-state index is 9.88. The molecular weight excluding hydrogens is 166 g/mol. The van der Waals surface area contributed by atoms with Crippen molar-refractivity contribution in [3.05, 3.63) is 35.9 Å². The standard InChI is InChI=1S/C9H13N3O/c13-9(8-6-10-12-11-8)7-4-2-1-3-5-7/h1-5,8-13H,6H2. The van der Waals surface area contributed by atoms with Crippen molar-refractivity contribution in [3.8, 4) is 0 Å². The van der Waals surface area contributed by atoms with Crippen molar-refractivity contribution < 1.29 is 5.11 Å². The van der Waals surface area contributed by atoms with Crippen LogP contribution in [0, 0.1) is 0 Å². The number of hydrogen-bond acceptors (Lipinski definition) is 4. The van der Waals surface area contributed by atoms with Crippen molar-refractivity contribution in [1.29, 1.82) is 0 Å². The molecule has 13 heavy (non-hydrogen) atoms. The van der Waals surface area contributed by atoms with E-state index >= 15 is 0 Å². The summed E-state index contributed by atoms with van der Waals surface area (Å²) in [6, 6.07) is 9.66. The zero-order valence-corrected chi connectivity index (χ0v) is 7.20. The minimum Gasteiger partial charge on any atom is -0.387 e. The third-order valence-corrected chi connectivity index (χ3v) is 2.19. The Morgan fingerprint density at radius 2 is 2.08 bits per heavy atom. The second kappa shape index (κ2) is 3.85. The molecule has 0 amide bonds. The van der Waals surface area contributed by atoms with Crippen LogP contribution >= 0.6 is 0 Å². The highest BCUT2D eigenvalue weighted by molar-refractivity contribution is 5.19. The van der Waals surface area contributed by atoms with Crippen LogP contribution in [0.5, 0.6) is 0 Å². The number of hydrogen-bond donors (Lipinski definition) is 4. The Hall–Kier alpha value is -0.940. The van der Waals surface area contributed by atoms with E-state index in [2.05, 4.69) is 16.4 Å². The maximum absolute atomic E-state index is 9.88. The molecule has 0 saturated carbocycles. The van der Waals surface area contributed by atoms with Gasteiger partial charge in [0.2, 0.25) is 0 Å². The number of aliphatic hydroxyl groups is 1. The summed E-state index contributed by atoms with van der Waals surface area (Å²) in [4.78, 5) is 0. The number of rotatable bonds is 2. The van der Waals surface area contributed by atoms with Gasteiger partial charge >= 0.3 is 0 Å². The first-order valence-corrected chi connectivity index (χ1v) is 4.34. The van der Waals surface area contributed by atoms with E-state index in [-0.39, 0.29) is 6.04 Å². The predicted octanol–water partition coefficient (Wildman–Crippen LogP) is -0.299. The third-order valence-electron chi connectivity index (χ3n) is 2.19. The third kappa shape index (κ3) is 1.87. The second-order valence-corrected chi connectivity index (χ2v) is 3.11. The zero-order chi connectivity index (χ0) is 9.10. The molecule has 4 heteroatoms. The number of hydrazine groups is 2. The SMILES string of the molecule is OC(c1ccccc1)C1CNNN1. The Morgan fingerprint density at radius 3 is 2.69 bits per heavy atom. The normalized spacial score (nSPS) is 24.5. The Balaban J connectivity index is 2.08. The number of benzene rings is 1. The first-order chi connectivity index (χ1) is 6.38. The fourth-order valence-electron chi connectivity index (χ4n) is 1.43. The molecule has 2 unspecified atom stereocenters. The van der Waals surface area contributed by atoms with Gasteiger partial charge in [0, 0.05) is 6.54 Å². The van der Waals surface area contributed by atoms with Crippen LogP contribution in [0.4, 0.5) is 0 Å². The first-order valence-electron chi connectivity index (χ1n) is 4.34. The molecule has 0 aliphatic carbocycles. The lowest BCUT2D eigenvalue weighted by molar-refractivity contribution is 0.139. The summed E-state index contributed by atoms with van der Waals surface area (Å²) >= 11 is 0. The summed E-state index contributed by atoms with van der Waals surface area (Å²) in [6.45, 7) is 0.718. The van der Waals surface area contributed by atoms with Crippen LogP contribution in [0.1, 0.15) is 11.7 Å². The molecule has 0 bridgehead atoms. The summed E-state index contributed by atoms with van der Waals surface area (Å²) in [7, 11) is 0. The van der Waals surface area contributed by atoms with Gasteiger partial charge in [0.1, 0.15) is 0 Å². The van der Waals surface area contributed by atoms with Crippen LogP contribution in [-0.2, 0) is 0 Å². The van der Waals surface area contributed by atoms with Crippen LogP contribution in [0.3, 0.4) is 0 Å². The molecule has 2 rings (SSSR count). The average Bonchev–Trinajstić information content (AvgIpc) is 2.71. The Labute approximate surface area is 76.9 Å². The molecule has 0 spiro atoms. The molecule has 1 aromatic rings.